The van der Waals surface area contributed by atoms with Crippen LogP contribution in [0.2, 0.25) is 5.02 Å². The fourth-order valence-electron chi connectivity index (χ4n) is 2.99. The van der Waals surface area contributed by atoms with E-state index < -0.39 is 0 Å². The van der Waals surface area contributed by atoms with Gasteiger partial charge in [-0.1, -0.05) is 17.7 Å². The second-order valence-electron chi connectivity index (χ2n) is 6.50. The molecule has 0 bridgehead atoms. The van der Waals surface area contributed by atoms with Crippen LogP contribution in [-0.4, -0.2) is 28.3 Å². The SMILES string of the molecule is CCN(CC)c1ccc(Nc2cnnc(Nc3cccc(Cl)c3C)n2)c(C)c1. The number of aromatic nitrogens is 3. The number of anilines is 5. The topological polar surface area (TPSA) is 66.0 Å². The molecular weight excluding hydrogens is 372 g/mol. The number of nitrogens with one attached hydrogen (secondary N) is 2. The molecule has 0 saturated carbocycles. The van der Waals surface area contributed by atoms with E-state index in [1.165, 1.54) is 5.69 Å². The fraction of sp³-hybridized carbons (Fsp3) is 0.286. The van der Waals surface area contributed by atoms with Gasteiger partial charge in [-0.25, -0.2) is 0 Å². The number of hydrogen-bond acceptors (Lipinski definition) is 6. The monoisotopic (exact) mass is 396 g/mol. The molecule has 146 valence electrons. The highest BCUT2D eigenvalue weighted by Gasteiger charge is 2.08. The predicted octanol–water partition coefficient (Wildman–Crippen LogP) is 5.48. The Labute approximate surface area is 171 Å². The molecule has 1 aromatic heterocycles. The minimum Gasteiger partial charge on any atom is -0.372 e. The molecule has 6 nitrogen and oxygen atoms in total. The zero-order valence-corrected chi connectivity index (χ0v) is 17.4. The minimum absolute atomic E-state index is 0.410. The first kappa shape index (κ1) is 19.9. The van der Waals surface area contributed by atoms with E-state index in [-0.39, 0.29) is 0 Å². The molecule has 0 aliphatic rings. The molecule has 3 aromatic rings. The summed E-state index contributed by atoms with van der Waals surface area (Å²) in [6, 6.07) is 12.0. The van der Waals surface area contributed by atoms with E-state index in [9.17, 15) is 0 Å². The number of aryl methyl sites for hydroxylation is 1. The first-order valence-electron chi connectivity index (χ1n) is 9.36. The molecule has 0 saturated heterocycles. The van der Waals surface area contributed by atoms with Crippen molar-refractivity contribution < 1.29 is 0 Å². The van der Waals surface area contributed by atoms with E-state index in [4.69, 9.17) is 11.6 Å². The normalized spacial score (nSPS) is 10.6. The lowest BCUT2D eigenvalue weighted by Crippen LogP contribution is -2.21. The van der Waals surface area contributed by atoms with Crippen LogP contribution in [0.15, 0.2) is 42.6 Å². The summed E-state index contributed by atoms with van der Waals surface area (Å²) in [5, 5.41) is 15.3. The zero-order valence-electron chi connectivity index (χ0n) is 16.6. The Bertz CT molecular complexity index is 955. The second kappa shape index (κ2) is 8.89. The van der Waals surface area contributed by atoms with Gasteiger partial charge in [0.25, 0.3) is 0 Å². The number of nitrogens with zero attached hydrogens (tertiary/aromatic N) is 4. The summed E-state index contributed by atoms with van der Waals surface area (Å²) in [7, 11) is 0. The first-order chi connectivity index (χ1) is 13.5. The van der Waals surface area contributed by atoms with Gasteiger partial charge in [-0.2, -0.15) is 10.1 Å². The average molecular weight is 397 g/mol. The molecule has 0 radical (unpaired) electrons. The third-order valence-corrected chi connectivity index (χ3v) is 5.08. The highest BCUT2D eigenvalue weighted by atomic mass is 35.5. The Morgan fingerprint density at radius 1 is 1.00 bits per heavy atom. The summed E-state index contributed by atoms with van der Waals surface area (Å²) in [5.41, 5.74) is 5.14. The zero-order chi connectivity index (χ0) is 20.1. The van der Waals surface area contributed by atoms with Crippen LogP contribution in [0.5, 0.6) is 0 Å². The van der Waals surface area contributed by atoms with Crippen LogP contribution in [-0.2, 0) is 0 Å². The molecule has 0 amide bonds. The Kier molecular flexibility index (Phi) is 6.31. The maximum Gasteiger partial charge on any atom is 0.249 e. The van der Waals surface area contributed by atoms with Crippen LogP contribution in [0.3, 0.4) is 0 Å². The molecule has 0 spiro atoms. The van der Waals surface area contributed by atoms with Crippen molar-refractivity contribution in [3.63, 3.8) is 0 Å². The summed E-state index contributed by atoms with van der Waals surface area (Å²) >= 11 is 6.18. The molecule has 0 atom stereocenters. The van der Waals surface area contributed by atoms with Crippen LogP contribution in [0.25, 0.3) is 0 Å². The van der Waals surface area contributed by atoms with Gasteiger partial charge >= 0.3 is 0 Å². The van der Waals surface area contributed by atoms with Crippen molar-refractivity contribution in [1.82, 2.24) is 15.2 Å². The fourth-order valence-corrected chi connectivity index (χ4v) is 3.17. The largest absolute Gasteiger partial charge is 0.372 e. The van der Waals surface area contributed by atoms with E-state index in [1.54, 1.807) is 6.20 Å². The maximum absolute atomic E-state index is 6.18. The van der Waals surface area contributed by atoms with Gasteiger partial charge in [-0.15, -0.1) is 5.10 Å². The van der Waals surface area contributed by atoms with Gasteiger partial charge in [0.1, 0.15) is 0 Å². The van der Waals surface area contributed by atoms with Crippen molar-refractivity contribution in [2.45, 2.75) is 27.7 Å². The molecule has 7 heteroatoms. The summed E-state index contributed by atoms with van der Waals surface area (Å²) < 4.78 is 0. The molecule has 28 heavy (non-hydrogen) atoms. The van der Waals surface area contributed by atoms with Crippen molar-refractivity contribution in [2.75, 3.05) is 28.6 Å². The van der Waals surface area contributed by atoms with Crippen LogP contribution in [0, 0.1) is 13.8 Å². The summed E-state index contributed by atoms with van der Waals surface area (Å²) in [6.07, 6.45) is 1.60. The summed E-state index contributed by atoms with van der Waals surface area (Å²) in [6.45, 7) is 10.3. The third kappa shape index (κ3) is 4.51. The molecule has 0 aliphatic carbocycles. The van der Waals surface area contributed by atoms with Crippen LogP contribution >= 0.6 is 11.6 Å². The minimum atomic E-state index is 0.410. The lowest BCUT2D eigenvalue weighted by atomic mass is 10.1. The highest BCUT2D eigenvalue weighted by Crippen LogP contribution is 2.27. The number of halogens is 1. The summed E-state index contributed by atoms with van der Waals surface area (Å²) in [4.78, 5) is 6.83. The van der Waals surface area contributed by atoms with Gasteiger partial charge in [-0.05, 0) is 69.2 Å². The van der Waals surface area contributed by atoms with Crippen LogP contribution in [0.1, 0.15) is 25.0 Å². The van der Waals surface area contributed by atoms with E-state index in [0.717, 1.165) is 35.6 Å². The van der Waals surface area contributed by atoms with Gasteiger partial charge in [-0.3, -0.25) is 0 Å². The predicted molar refractivity (Wildman–Crippen MR) is 117 cm³/mol. The Hall–Kier alpha value is -2.86. The highest BCUT2D eigenvalue weighted by molar-refractivity contribution is 6.31. The number of hydrogen-bond donors (Lipinski definition) is 2. The van der Waals surface area contributed by atoms with Gasteiger partial charge in [0.15, 0.2) is 5.82 Å². The maximum atomic E-state index is 6.18. The molecular formula is C21H25ClN6. The standard InChI is InChI=1S/C21H25ClN6/c1-5-28(6-2)16-10-11-18(14(3)12-16)24-20-13-23-27-21(26-20)25-19-9-7-8-17(22)15(19)4/h7-13H,5-6H2,1-4H3,(H2,24,25,26,27). The lowest BCUT2D eigenvalue weighted by Gasteiger charge is -2.22. The Balaban J connectivity index is 1.78. The first-order valence-corrected chi connectivity index (χ1v) is 9.74. The van der Waals surface area contributed by atoms with Gasteiger partial charge < -0.3 is 15.5 Å². The molecule has 0 unspecified atom stereocenters. The van der Waals surface area contributed by atoms with Crippen molar-refractivity contribution in [2.24, 2.45) is 0 Å². The quantitative estimate of drug-likeness (QED) is 0.551. The average Bonchev–Trinajstić information content (AvgIpc) is 2.69. The van der Waals surface area contributed by atoms with E-state index in [2.05, 4.69) is 69.7 Å². The van der Waals surface area contributed by atoms with Crippen LogP contribution in [0.4, 0.5) is 28.8 Å². The molecule has 2 aromatic carbocycles. The Morgan fingerprint density at radius 2 is 1.79 bits per heavy atom. The third-order valence-electron chi connectivity index (χ3n) is 4.67. The van der Waals surface area contributed by atoms with Gasteiger partial charge in [0.05, 0.1) is 6.20 Å². The van der Waals surface area contributed by atoms with Crippen molar-refractivity contribution in [1.29, 1.82) is 0 Å². The molecule has 3 rings (SSSR count). The molecule has 0 fully saturated rings. The van der Waals surface area contributed by atoms with Crippen molar-refractivity contribution >= 4 is 40.4 Å². The summed E-state index contributed by atoms with van der Waals surface area (Å²) in [5.74, 6) is 1.03. The van der Waals surface area contributed by atoms with Gasteiger partial charge in [0, 0.05) is 35.2 Å². The Morgan fingerprint density at radius 3 is 2.50 bits per heavy atom. The van der Waals surface area contributed by atoms with Gasteiger partial charge in [0.2, 0.25) is 5.95 Å². The van der Waals surface area contributed by atoms with E-state index in [0.29, 0.717) is 16.8 Å². The van der Waals surface area contributed by atoms with Crippen LogP contribution < -0.4 is 15.5 Å². The number of rotatable bonds is 7. The van der Waals surface area contributed by atoms with Crippen molar-refractivity contribution in [3.8, 4) is 0 Å². The van der Waals surface area contributed by atoms with E-state index >= 15 is 0 Å². The molecule has 0 aliphatic heterocycles. The molecule has 1 heterocycles. The van der Waals surface area contributed by atoms with Crippen molar-refractivity contribution in [3.05, 3.63) is 58.7 Å². The number of benzene rings is 2. The molecule has 2 N–H and O–H groups in total. The lowest BCUT2D eigenvalue weighted by molar-refractivity contribution is 0.866. The van der Waals surface area contributed by atoms with E-state index in [1.807, 2.05) is 25.1 Å². The second-order valence-corrected chi connectivity index (χ2v) is 6.91. The smallest absolute Gasteiger partial charge is 0.249 e.